The number of esters is 2. The molecule has 0 N–H and O–H groups in total. The molecule has 2 atom stereocenters. The lowest BCUT2D eigenvalue weighted by molar-refractivity contribution is -0.870. The minimum Gasteiger partial charge on any atom is -0.545 e. The SMILES string of the molecule is CC/C=C\C/C=C\C/C=C\C/C=C\C/C=C\C/C=C\CCC(=O)OC(COC(=O)CCCCCCCCCCC)COC(OCC[N+](C)(C)C)C(=O)[O-]. The van der Waals surface area contributed by atoms with Gasteiger partial charge >= 0.3 is 11.9 Å². The fraction of sp³-hybridized carbons (Fsp3) is 0.659. The Morgan fingerprint density at radius 1 is 0.585 bits per heavy atom. The van der Waals surface area contributed by atoms with Crippen molar-refractivity contribution in [1.29, 1.82) is 0 Å². The van der Waals surface area contributed by atoms with Crippen molar-refractivity contribution in [1.82, 2.24) is 0 Å². The molecular weight excluding hydrogens is 670 g/mol. The summed E-state index contributed by atoms with van der Waals surface area (Å²) in [4.78, 5) is 36.7. The minimum absolute atomic E-state index is 0.120. The number of quaternary nitrogens is 1. The Hall–Kier alpha value is -3.27. The molecule has 0 aliphatic carbocycles. The van der Waals surface area contributed by atoms with E-state index < -0.39 is 24.3 Å². The molecule has 0 radical (unpaired) electrons. The Balaban J connectivity index is 4.63. The van der Waals surface area contributed by atoms with E-state index in [0.29, 0.717) is 17.4 Å². The predicted molar refractivity (Wildman–Crippen MR) is 214 cm³/mol. The summed E-state index contributed by atoms with van der Waals surface area (Å²) in [7, 11) is 5.87. The predicted octanol–water partition coefficient (Wildman–Crippen LogP) is 8.66. The molecule has 0 heterocycles. The van der Waals surface area contributed by atoms with Crippen LogP contribution in [-0.4, -0.2) is 82.3 Å². The molecule has 0 spiro atoms. The number of carbonyl (C=O) groups excluding carboxylic acids is 3. The van der Waals surface area contributed by atoms with Crippen molar-refractivity contribution >= 4 is 17.9 Å². The van der Waals surface area contributed by atoms with Gasteiger partial charge in [0.05, 0.1) is 40.3 Å². The fourth-order valence-electron chi connectivity index (χ4n) is 4.85. The van der Waals surface area contributed by atoms with Crippen molar-refractivity contribution in [3.8, 4) is 0 Å². The van der Waals surface area contributed by atoms with Crippen LogP contribution in [0.15, 0.2) is 72.9 Å². The average Bonchev–Trinajstić information content (AvgIpc) is 3.11. The van der Waals surface area contributed by atoms with E-state index in [-0.39, 0.29) is 38.6 Å². The Morgan fingerprint density at radius 3 is 1.57 bits per heavy atom. The van der Waals surface area contributed by atoms with Gasteiger partial charge in [-0.15, -0.1) is 0 Å². The standard InChI is InChI=1S/C44H73NO8/c1-6-8-10-12-14-16-17-18-19-20-21-22-23-24-25-27-29-31-33-35-42(47)53-40(39-52-44(43(48)49)50-37-36-45(3,4)5)38-51-41(46)34-32-30-28-26-15-13-11-9-7-2/h8,10,14,16,18-19,21-22,24-25,29,31,40,44H,6-7,9,11-13,15,17,20,23,26-28,30,32-39H2,1-5H3/b10-8-,16-14-,19-18-,22-21-,25-24-,31-29-. The smallest absolute Gasteiger partial charge is 0.306 e. The summed E-state index contributed by atoms with van der Waals surface area (Å²) in [5.74, 6) is -2.41. The van der Waals surface area contributed by atoms with Gasteiger partial charge < -0.3 is 33.3 Å². The quantitative estimate of drug-likeness (QED) is 0.0209. The number of allylic oxidation sites excluding steroid dienone is 12. The van der Waals surface area contributed by atoms with Gasteiger partial charge in [0.25, 0.3) is 0 Å². The first-order valence-electron chi connectivity index (χ1n) is 20.1. The molecule has 0 aromatic rings. The largest absolute Gasteiger partial charge is 0.545 e. The van der Waals surface area contributed by atoms with Gasteiger partial charge in [-0.25, -0.2) is 0 Å². The van der Waals surface area contributed by atoms with Crippen LogP contribution in [0.3, 0.4) is 0 Å². The maximum atomic E-state index is 12.7. The summed E-state index contributed by atoms with van der Waals surface area (Å²) >= 11 is 0. The second-order valence-electron chi connectivity index (χ2n) is 14.2. The van der Waals surface area contributed by atoms with Gasteiger partial charge in [-0.2, -0.15) is 0 Å². The van der Waals surface area contributed by atoms with E-state index in [1.165, 1.54) is 38.5 Å². The Bertz CT molecular complexity index is 1100. The molecular formula is C44H73NO8. The van der Waals surface area contributed by atoms with Crippen LogP contribution in [0.2, 0.25) is 0 Å². The number of hydrogen-bond acceptors (Lipinski definition) is 8. The Kier molecular flexibility index (Phi) is 33.5. The van der Waals surface area contributed by atoms with Crippen LogP contribution < -0.4 is 5.11 Å². The van der Waals surface area contributed by atoms with Gasteiger partial charge in [-0.1, -0.05) is 138 Å². The van der Waals surface area contributed by atoms with Gasteiger partial charge in [-0.05, 0) is 51.4 Å². The fourth-order valence-corrected chi connectivity index (χ4v) is 4.85. The van der Waals surface area contributed by atoms with Crippen molar-refractivity contribution in [3.05, 3.63) is 72.9 Å². The lowest BCUT2D eigenvalue weighted by Gasteiger charge is -2.26. The van der Waals surface area contributed by atoms with Crippen molar-refractivity contribution in [2.24, 2.45) is 0 Å². The van der Waals surface area contributed by atoms with Crippen molar-refractivity contribution in [3.63, 3.8) is 0 Å². The maximum Gasteiger partial charge on any atom is 0.306 e. The average molecular weight is 744 g/mol. The van der Waals surface area contributed by atoms with Gasteiger partial charge in [0, 0.05) is 12.8 Å². The Labute approximate surface area is 322 Å². The molecule has 0 bridgehead atoms. The second kappa shape index (κ2) is 35.7. The molecule has 0 aliphatic heterocycles. The monoisotopic (exact) mass is 744 g/mol. The van der Waals surface area contributed by atoms with Crippen LogP contribution in [0.4, 0.5) is 0 Å². The molecule has 0 rings (SSSR count). The Morgan fingerprint density at radius 2 is 1.08 bits per heavy atom. The van der Waals surface area contributed by atoms with Crippen LogP contribution in [0.5, 0.6) is 0 Å². The highest BCUT2D eigenvalue weighted by Gasteiger charge is 2.21. The zero-order chi connectivity index (χ0) is 39.3. The van der Waals surface area contributed by atoms with Crippen LogP contribution in [0, 0.1) is 0 Å². The first kappa shape index (κ1) is 49.7. The zero-order valence-electron chi connectivity index (χ0n) is 33.9. The highest BCUT2D eigenvalue weighted by molar-refractivity contribution is 5.70. The number of unbranched alkanes of at least 4 members (excludes halogenated alkanes) is 8. The number of likely N-dealkylation sites (N-methyl/N-ethyl adjacent to an activating group) is 1. The van der Waals surface area contributed by atoms with Gasteiger partial charge in [-0.3, -0.25) is 9.59 Å². The van der Waals surface area contributed by atoms with Crippen molar-refractivity contribution < 1.29 is 42.9 Å². The molecule has 9 nitrogen and oxygen atoms in total. The van der Waals surface area contributed by atoms with Gasteiger partial charge in [0.2, 0.25) is 0 Å². The molecule has 53 heavy (non-hydrogen) atoms. The minimum atomic E-state index is -1.64. The van der Waals surface area contributed by atoms with E-state index in [2.05, 4.69) is 74.6 Å². The topological polar surface area (TPSA) is 111 Å². The third kappa shape index (κ3) is 36.9. The summed E-state index contributed by atoms with van der Waals surface area (Å²) < 4.78 is 22.3. The molecule has 0 saturated heterocycles. The zero-order valence-corrected chi connectivity index (χ0v) is 33.9. The van der Waals surface area contributed by atoms with Gasteiger partial charge in [0.15, 0.2) is 12.4 Å². The number of nitrogens with zero attached hydrogens (tertiary/aromatic N) is 1. The highest BCUT2D eigenvalue weighted by atomic mass is 16.7. The summed E-state index contributed by atoms with van der Waals surface area (Å²) in [6.07, 6.45) is 39.6. The number of carboxylic acid groups (broad SMARTS) is 1. The summed E-state index contributed by atoms with van der Waals surface area (Å²) in [5, 5.41) is 11.6. The molecule has 302 valence electrons. The number of aliphatic carboxylic acids is 1. The third-order valence-electron chi connectivity index (χ3n) is 7.98. The number of carbonyl (C=O) groups is 3. The summed E-state index contributed by atoms with van der Waals surface area (Å²) in [6.45, 7) is 4.48. The number of ether oxygens (including phenoxy) is 4. The van der Waals surface area contributed by atoms with Crippen molar-refractivity contribution in [2.75, 3.05) is 47.5 Å². The first-order chi connectivity index (χ1) is 25.6. The molecule has 0 amide bonds. The summed E-state index contributed by atoms with van der Waals surface area (Å²) in [5.41, 5.74) is 0. The molecule has 0 saturated carbocycles. The molecule has 9 heteroatoms. The first-order valence-corrected chi connectivity index (χ1v) is 20.1. The van der Waals surface area contributed by atoms with E-state index in [0.717, 1.165) is 57.8 Å². The molecule has 0 fully saturated rings. The van der Waals surface area contributed by atoms with E-state index in [9.17, 15) is 19.5 Å². The number of rotatable bonds is 35. The number of hydrogen-bond donors (Lipinski definition) is 0. The summed E-state index contributed by atoms with van der Waals surface area (Å²) in [6, 6.07) is 0. The molecule has 0 aromatic carbocycles. The van der Waals surface area contributed by atoms with E-state index in [1.807, 2.05) is 33.3 Å². The lowest BCUT2D eigenvalue weighted by atomic mass is 10.1. The lowest BCUT2D eigenvalue weighted by Crippen LogP contribution is -2.44. The van der Waals surface area contributed by atoms with Crippen molar-refractivity contribution in [2.45, 2.75) is 142 Å². The second-order valence-corrected chi connectivity index (χ2v) is 14.2. The van der Waals surface area contributed by atoms with Crippen LogP contribution in [0.25, 0.3) is 0 Å². The molecule has 0 aromatic heterocycles. The van der Waals surface area contributed by atoms with Gasteiger partial charge in [0.1, 0.15) is 13.2 Å². The van der Waals surface area contributed by atoms with E-state index in [1.54, 1.807) is 0 Å². The highest BCUT2D eigenvalue weighted by Crippen LogP contribution is 2.12. The molecule has 0 aliphatic rings. The van der Waals surface area contributed by atoms with Crippen LogP contribution in [0.1, 0.15) is 129 Å². The normalized spacial score (nSPS) is 13.8. The number of carboxylic acids is 1. The molecule has 2 unspecified atom stereocenters. The van der Waals surface area contributed by atoms with E-state index >= 15 is 0 Å². The third-order valence-corrected chi connectivity index (χ3v) is 7.98. The maximum absolute atomic E-state index is 12.7. The van der Waals surface area contributed by atoms with E-state index in [4.69, 9.17) is 18.9 Å². The van der Waals surface area contributed by atoms with Crippen LogP contribution in [-0.2, 0) is 33.3 Å². The van der Waals surface area contributed by atoms with Crippen LogP contribution >= 0.6 is 0 Å².